The van der Waals surface area contributed by atoms with Gasteiger partial charge in [0.05, 0.1) is 11.5 Å². The Hall–Kier alpha value is -1.07. The van der Waals surface area contributed by atoms with Gasteiger partial charge in [-0.2, -0.15) is 8.42 Å². The van der Waals surface area contributed by atoms with E-state index < -0.39 is 10.1 Å². The third-order valence-corrected chi connectivity index (χ3v) is 4.56. The summed E-state index contributed by atoms with van der Waals surface area (Å²) in [5.41, 5.74) is 1.46. The Balaban J connectivity index is 2.44. The molecule has 0 amide bonds. The molecule has 1 N–H and O–H groups in total. The lowest BCUT2D eigenvalue weighted by molar-refractivity contribution is 0.300. The van der Waals surface area contributed by atoms with Crippen molar-refractivity contribution >= 4 is 10.1 Å². The molecule has 0 aliphatic heterocycles. The summed E-state index contributed by atoms with van der Waals surface area (Å²) in [4.78, 5) is -0.0780. The first kappa shape index (κ1) is 19.0. The zero-order valence-electron chi connectivity index (χ0n) is 13.9. The maximum absolute atomic E-state index is 11.2. The zero-order chi connectivity index (χ0) is 16.6. The van der Waals surface area contributed by atoms with Gasteiger partial charge in [0, 0.05) is 0 Å². The molecule has 0 saturated heterocycles. The number of rotatable bonds is 10. The summed E-state index contributed by atoms with van der Waals surface area (Å²) in [7, 11) is -4.16. The van der Waals surface area contributed by atoms with Gasteiger partial charge >= 0.3 is 0 Å². The van der Waals surface area contributed by atoms with Crippen molar-refractivity contribution in [1.29, 1.82) is 0 Å². The van der Waals surface area contributed by atoms with Crippen LogP contribution >= 0.6 is 0 Å². The quantitative estimate of drug-likeness (QED) is 0.500. The molecule has 5 heteroatoms. The van der Waals surface area contributed by atoms with E-state index in [9.17, 15) is 8.42 Å². The van der Waals surface area contributed by atoms with Crippen LogP contribution in [0.5, 0.6) is 5.75 Å². The van der Waals surface area contributed by atoms with Crippen LogP contribution < -0.4 is 4.74 Å². The van der Waals surface area contributed by atoms with Gasteiger partial charge in [-0.15, -0.1) is 0 Å². The van der Waals surface area contributed by atoms with E-state index in [1.54, 1.807) is 13.8 Å². The number of aryl methyl sites for hydroxylation is 2. The van der Waals surface area contributed by atoms with E-state index in [-0.39, 0.29) is 4.90 Å². The summed E-state index contributed by atoms with van der Waals surface area (Å²) in [6, 6.07) is 2.89. The number of hydrogen-bond acceptors (Lipinski definition) is 3. The average Bonchev–Trinajstić information content (AvgIpc) is 2.43. The van der Waals surface area contributed by atoms with Gasteiger partial charge < -0.3 is 4.74 Å². The monoisotopic (exact) mass is 328 g/mol. The minimum atomic E-state index is -4.16. The summed E-state index contributed by atoms with van der Waals surface area (Å²) in [5.74, 6) is 0.721. The number of hydrogen-bond donors (Lipinski definition) is 1. The highest BCUT2D eigenvalue weighted by Gasteiger charge is 2.14. The Morgan fingerprint density at radius 3 is 1.95 bits per heavy atom. The van der Waals surface area contributed by atoms with Crippen molar-refractivity contribution in [2.24, 2.45) is 0 Å². The van der Waals surface area contributed by atoms with Crippen LogP contribution in [0.3, 0.4) is 0 Å². The van der Waals surface area contributed by atoms with Gasteiger partial charge in [0.1, 0.15) is 5.75 Å². The number of ether oxygens (including phenoxy) is 1. The molecule has 0 bridgehead atoms. The van der Waals surface area contributed by atoms with E-state index in [0.29, 0.717) is 6.61 Å². The van der Waals surface area contributed by atoms with Crippen molar-refractivity contribution in [2.45, 2.75) is 70.6 Å². The van der Waals surface area contributed by atoms with Gasteiger partial charge in [-0.25, -0.2) is 0 Å². The maximum atomic E-state index is 11.2. The standard InChI is InChI=1S/C17H28O4S/c1-4-5-6-7-8-9-10-11-21-17-14(2)12-16(13-15(17)3)22(18,19)20/h12-13H,4-11H2,1-3H3,(H,18,19,20). The van der Waals surface area contributed by atoms with Crippen LogP contribution in [0.1, 0.15) is 63.0 Å². The summed E-state index contributed by atoms with van der Waals surface area (Å²) >= 11 is 0. The first-order valence-corrected chi connectivity index (χ1v) is 9.51. The van der Waals surface area contributed by atoms with Crippen LogP contribution in [0.15, 0.2) is 17.0 Å². The zero-order valence-corrected chi connectivity index (χ0v) is 14.7. The second kappa shape index (κ2) is 9.16. The first-order chi connectivity index (χ1) is 10.4. The second-order valence-electron chi connectivity index (χ2n) is 5.83. The van der Waals surface area contributed by atoms with Gasteiger partial charge in [-0.3, -0.25) is 4.55 Å². The Kier molecular flexibility index (Phi) is 7.90. The fourth-order valence-corrected chi connectivity index (χ4v) is 3.17. The number of benzene rings is 1. The van der Waals surface area contributed by atoms with Crippen LogP contribution in [0.25, 0.3) is 0 Å². The molecule has 0 fully saturated rings. The molecule has 1 aromatic rings. The lowest BCUT2D eigenvalue weighted by Gasteiger charge is -2.13. The van der Waals surface area contributed by atoms with Gasteiger partial charge in [0.2, 0.25) is 0 Å². The van der Waals surface area contributed by atoms with Crippen molar-refractivity contribution in [1.82, 2.24) is 0 Å². The molecule has 0 atom stereocenters. The normalized spacial score (nSPS) is 11.6. The molecule has 0 aliphatic carbocycles. The summed E-state index contributed by atoms with van der Waals surface area (Å²) in [6.07, 6.45) is 8.58. The van der Waals surface area contributed by atoms with Crippen LogP contribution in [0.2, 0.25) is 0 Å². The molecule has 0 saturated carbocycles. The second-order valence-corrected chi connectivity index (χ2v) is 7.25. The highest BCUT2D eigenvalue weighted by Crippen LogP contribution is 2.27. The third-order valence-electron chi connectivity index (χ3n) is 3.73. The topological polar surface area (TPSA) is 63.6 Å². The summed E-state index contributed by atoms with van der Waals surface area (Å²) < 4.78 is 37.2. The summed E-state index contributed by atoms with van der Waals surface area (Å²) in [6.45, 7) is 6.44. The van der Waals surface area contributed by atoms with E-state index in [1.165, 1.54) is 44.2 Å². The van der Waals surface area contributed by atoms with Crippen LogP contribution in [-0.4, -0.2) is 19.6 Å². The van der Waals surface area contributed by atoms with Gasteiger partial charge in [0.25, 0.3) is 10.1 Å². The molecular weight excluding hydrogens is 300 g/mol. The third kappa shape index (κ3) is 6.36. The molecule has 126 valence electrons. The van der Waals surface area contributed by atoms with E-state index in [0.717, 1.165) is 29.7 Å². The Bertz CT molecular complexity index is 541. The highest BCUT2D eigenvalue weighted by atomic mass is 32.2. The average molecular weight is 328 g/mol. The molecule has 1 rings (SSSR count). The van der Waals surface area contributed by atoms with Crippen molar-refractivity contribution in [3.8, 4) is 5.75 Å². The molecule has 0 aromatic heterocycles. The van der Waals surface area contributed by atoms with E-state index >= 15 is 0 Å². The van der Waals surface area contributed by atoms with Crippen LogP contribution in [-0.2, 0) is 10.1 Å². The van der Waals surface area contributed by atoms with Crippen LogP contribution in [0.4, 0.5) is 0 Å². The molecule has 0 radical (unpaired) electrons. The molecule has 0 spiro atoms. The molecule has 22 heavy (non-hydrogen) atoms. The van der Waals surface area contributed by atoms with Gasteiger partial charge in [0.15, 0.2) is 0 Å². The lowest BCUT2D eigenvalue weighted by atomic mass is 10.1. The summed E-state index contributed by atoms with van der Waals surface area (Å²) in [5, 5.41) is 0. The molecule has 4 nitrogen and oxygen atoms in total. The van der Waals surface area contributed by atoms with E-state index in [2.05, 4.69) is 6.92 Å². The van der Waals surface area contributed by atoms with E-state index in [4.69, 9.17) is 9.29 Å². The maximum Gasteiger partial charge on any atom is 0.294 e. The van der Waals surface area contributed by atoms with Gasteiger partial charge in [-0.1, -0.05) is 45.4 Å². The fourth-order valence-electron chi connectivity index (χ4n) is 2.52. The van der Waals surface area contributed by atoms with Crippen molar-refractivity contribution in [3.05, 3.63) is 23.3 Å². The predicted molar refractivity (Wildman–Crippen MR) is 89.2 cm³/mol. The van der Waals surface area contributed by atoms with Crippen molar-refractivity contribution in [2.75, 3.05) is 6.61 Å². The van der Waals surface area contributed by atoms with Crippen molar-refractivity contribution in [3.63, 3.8) is 0 Å². The van der Waals surface area contributed by atoms with Gasteiger partial charge in [-0.05, 0) is 43.5 Å². The minimum Gasteiger partial charge on any atom is -0.493 e. The SMILES string of the molecule is CCCCCCCCCOc1c(C)cc(S(=O)(=O)O)cc1C. The van der Waals surface area contributed by atoms with E-state index in [1.807, 2.05) is 0 Å². The van der Waals surface area contributed by atoms with Crippen molar-refractivity contribution < 1.29 is 17.7 Å². The predicted octanol–water partition coefficient (Wildman–Crippen LogP) is 4.68. The Morgan fingerprint density at radius 1 is 0.955 bits per heavy atom. The fraction of sp³-hybridized carbons (Fsp3) is 0.647. The first-order valence-electron chi connectivity index (χ1n) is 8.07. The molecule has 0 heterocycles. The minimum absolute atomic E-state index is 0.0780. The smallest absolute Gasteiger partial charge is 0.294 e. The molecule has 0 unspecified atom stereocenters. The highest BCUT2D eigenvalue weighted by molar-refractivity contribution is 7.85. The molecule has 1 aromatic carbocycles. The largest absolute Gasteiger partial charge is 0.493 e. The Morgan fingerprint density at radius 2 is 1.45 bits per heavy atom. The number of unbranched alkanes of at least 4 members (excludes halogenated alkanes) is 6. The molecular formula is C17H28O4S. The Labute approximate surface area is 134 Å². The lowest BCUT2D eigenvalue weighted by Crippen LogP contribution is -2.04. The molecule has 0 aliphatic rings. The van der Waals surface area contributed by atoms with Crippen LogP contribution in [0, 0.1) is 13.8 Å².